The molecule has 68 valence electrons. The highest BCUT2D eigenvalue weighted by Crippen LogP contribution is 2.09. The van der Waals surface area contributed by atoms with E-state index in [4.69, 9.17) is 7.85 Å². The summed E-state index contributed by atoms with van der Waals surface area (Å²) in [5.74, 6) is 0. The van der Waals surface area contributed by atoms with E-state index in [0.29, 0.717) is 0 Å². The molecule has 0 saturated carbocycles. The molecule has 1 aromatic rings. The summed E-state index contributed by atoms with van der Waals surface area (Å²) in [6.45, 7) is 4.38. The molecule has 0 atom stereocenters. The third-order valence-electron chi connectivity index (χ3n) is 2.42. The Hall–Kier alpha value is -0.715. The zero-order valence-corrected chi connectivity index (χ0v) is 8.64. The Morgan fingerprint density at radius 1 is 1.23 bits per heavy atom. The Balaban J connectivity index is 2.59. The molecule has 0 N–H and O–H groups in total. The first-order valence-corrected chi connectivity index (χ1v) is 5.09. The van der Waals surface area contributed by atoms with Crippen molar-refractivity contribution in [3.05, 3.63) is 29.3 Å². The highest BCUT2D eigenvalue weighted by Gasteiger charge is 1.97. The summed E-state index contributed by atoms with van der Waals surface area (Å²) in [4.78, 5) is 0. The highest BCUT2D eigenvalue weighted by molar-refractivity contribution is 6.32. The minimum absolute atomic E-state index is 0.886. The van der Waals surface area contributed by atoms with Crippen molar-refractivity contribution in [3.63, 3.8) is 0 Å². The van der Waals surface area contributed by atoms with E-state index in [-0.39, 0.29) is 0 Å². The van der Waals surface area contributed by atoms with Crippen molar-refractivity contribution < 1.29 is 0 Å². The van der Waals surface area contributed by atoms with Gasteiger partial charge in [0.05, 0.1) is 0 Å². The molecule has 13 heavy (non-hydrogen) atoms. The first-order valence-electron chi connectivity index (χ1n) is 5.09. The van der Waals surface area contributed by atoms with Gasteiger partial charge in [-0.2, -0.15) is 0 Å². The van der Waals surface area contributed by atoms with Crippen LogP contribution in [0.25, 0.3) is 0 Å². The molecule has 0 unspecified atom stereocenters. The molecule has 0 saturated heterocycles. The van der Waals surface area contributed by atoms with Crippen molar-refractivity contribution in [2.24, 2.45) is 0 Å². The molecule has 0 aromatic heterocycles. The van der Waals surface area contributed by atoms with E-state index in [1.807, 2.05) is 6.07 Å². The van der Waals surface area contributed by atoms with Crippen molar-refractivity contribution in [3.8, 4) is 0 Å². The lowest BCUT2D eigenvalue weighted by molar-refractivity contribution is 0.716. The monoisotopic (exact) mass is 172 g/mol. The van der Waals surface area contributed by atoms with Crippen LogP contribution in [0.15, 0.2) is 18.2 Å². The van der Waals surface area contributed by atoms with Crippen LogP contribution in [0.1, 0.15) is 37.3 Å². The fourth-order valence-corrected chi connectivity index (χ4v) is 1.53. The van der Waals surface area contributed by atoms with Crippen LogP contribution in [0.2, 0.25) is 0 Å². The third kappa shape index (κ3) is 3.26. The maximum Gasteiger partial charge on any atom is 0.113 e. The van der Waals surface area contributed by atoms with Crippen LogP contribution in [0.3, 0.4) is 0 Å². The van der Waals surface area contributed by atoms with Crippen LogP contribution in [0.4, 0.5) is 0 Å². The Kier molecular flexibility index (Phi) is 4.07. The van der Waals surface area contributed by atoms with Crippen molar-refractivity contribution in [1.82, 2.24) is 0 Å². The number of aryl methyl sites for hydroxylation is 2. The Morgan fingerprint density at radius 3 is 2.69 bits per heavy atom. The smallest absolute Gasteiger partial charge is 0.0964 e. The summed E-state index contributed by atoms with van der Waals surface area (Å²) in [6, 6.07) is 6.18. The molecule has 0 amide bonds. The van der Waals surface area contributed by atoms with E-state index in [9.17, 15) is 0 Å². The molecule has 0 nitrogen and oxygen atoms in total. The van der Waals surface area contributed by atoms with Crippen LogP contribution < -0.4 is 5.46 Å². The molecular weight excluding hydrogens is 155 g/mol. The van der Waals surface area contributed by atoms with Crippen LogP contribution in [0.5, 0.6) is 0 Å². The van der Waals surface area contributed by atoms with E-state index < -0.39 is 0 Å². The average molecular weight is 172 g/mol. The number of unbranched alkanes of at least 4 members (excludes halogenated alkanes) is 2. The lowest BCUT2D eigenvalue weighted by Gasteiger charge is -2.06. The van der Waals surface area contributed by atoms with Gasteiger partial charge < -0.3 is 0 Å². The quantitative estimate of drug-likeness (QED) is 0.483. The van der Waals surface area contributed by atoms with Crippen molar-refractivity contribution in [1.29, 1.82) is 0 Å². The standard InChI is InChI=1S/C12H17B/c1-3-4-5-6-11-9-12(13)8-7-10(11)2/h7-9H,3-6H2,1-2H3. The molecule has 0 aliphatic rings. The predicted octanol–water partition coefficient (Wildman–Crippen LogP) is 2.52. The Morgan fingerprint density at radius 2 is 2.00 bits per heavy atom. The van der Waals surface area contributed by atoms with Gasteiger partial charge in [0.25, 0.3) is 0 Å². The average Bonchev–Trinajstić information content (AvgIpc) is 2.11. The summed E-state index contributed by atoms with van der Waals surface area (Å²) in [7, 11) is 5.73. The maximum absolute atomic E-state index is 5.73. The lowest BCUT2D eigenvalue weighted by Crippen LogP contribution is -2.04. The van der Waals surface area contributed by atoms with Crippen LogP contribution in [-0.2, 0) is 6.42 Å². The number of hydrogen-bond donors (Lipinski definition) is 0. The van der Waals surface area contributed by atoms with E-state index in [0.717, 1.165) is 5.46 Å². The van der Waals surface area contributed by atoms with Gasteiger partial charge in [-0.15, -0.1) is 0 Å². The van der Waals surface area contributed by atoms with E-state index in [1.165, 1.54) is 36.8 Å². The third-order valence-corrected chi connectivity index (χ3v) is 2.42. The van der Waals surface area contributed by atoms with Gasteiger partial charge in [0.2, 0.25) is 0 Å². The van der Waals surface area contributed by atoms with Gasteiger partial charge in [0.1, 0.15) is 7.85 Å². The molecule has 1 heteroatoms. The maximum atomic E-state index is 5.73. The molecule has 0 aliphatic carbocycles. The van der Waals surface area contributed by atoms with Gasteiger partial charge in [-0.25, -0.2) is 0 Å². The van der Waals surface area contributed by atoms with Crippen LogP contribution in [0, 0.1) is 6.92 Å². The second kappa shape index (κ2) is 5.11. The first-order chi connectivity index (χ1) is 6.24. The first kappa shape index (κ1) is 10.4. The van der Waals surface area contributed by atoms with Gasteiger partial charge in [-0.3, -0.25) is 0 Å². The van der Waals surface area contributed by atoms with E-state index >= 15 is 0 Å². The normalized spacial score (nSPS) is 10.3. The SMILES string of the molecule is [B]c1ccc(C)c(CCCCC)c1. The Bertz CT molecular complexity index is 266. The second-order valence-electron chi connectivity index (χ2n) is 3.64. The van der Waals surface area contributed by atoms with Crippen LogP contribution in [-0.4, -0.2) is 7.85 Å². The van der Waals surface area contributed by atoms with E-state index in [1.54, 1.807) is 0 Å². The molecule has 1 aromatic carbocycles. The largest absolute Gasteiger partial charge is 0.113 e. The van der Waals surface area contributed by atoms with E-state index in [2.05, 4.69) is 26.0 Å². The zero-order chi connectivity index (χ0) is 9.68. The predicted molar refractivity (Wildman–Crippen MR) is 59.8 cm³/mol. The topological polar surface area (TPSA) is 0 Å². The molecule has 0 heterocycles. The van der Waals surface area contributed by atoms with Crippen LogP contribution >= 0.6 is 0 Å². The summed E-state index contributed by atoms with van der Waals surface area (Å²) < 4.78 is 0. The van der Waals surface area contributed by atoms with Gasteiger partial charge >= 0.3 is 0 Å². The number of hydrogen-bond acceptors (Lipinski definition) is 0. The number of rotatable bonds is 4. The molecule has 0 fully saturated rings. The van der Waals surface area contributed by atoms with Gasteiger partial charge in [0, 0.05) is 0 Å². The lowest BCUT2D eigenvalue weighted by atomic mass is 9.90. The summed E-state index contributed by atoms with van der Waals surface area (Å²) in [6.07, 6.45) is 5.04. The van der Waals surface area contributed by atoms with Crippen molar-refractivity contribution in [2.45, 2.75) is 39.5 Å². The molecule has 1 rings (SSSR count). The summed E-state index contributed by atoms with van der Waals surface area (Å²) in [5, 5.41) is 0. The summed E-state index contributed by atoms with van der Waals surface area (Å²) >= 11 is 0. The molecule has 0 bridgehead atoms. The van der Waals surface area contributed by atoms with Gasteiger partial charge in [-0.05, 0) is 30.9 Å². The zero-order valence-electron chi connectivity index (χ0n) is 8.64. The fraction of sp³-hybridized carbons (Fsp3) is 0.500. The Labute approximate surface area is 82.8 Å². The number of benzene rings is 1. The second-order valence-corrected chi connectivity index (χ2v) is 3.64. The van der Waals surface area contributed by atoms with Gasteiger partial charge in [-0.1, -0.05) is 43.4 Å². The molecule has 0 spiro atoms. The summed E-state index contributed by atoms with van der Waals surface area (Å²) in [5.41, 5.74) is 3.66. The van der Waals surface area contributed by atoms with Crippen molar-refractivity contribution in [2.75, 3.05) is 0 Å². The minimum atomic E-state index is 0.886. The van der Waals surface area contributed by atoms with Crippen molar-refractivity contribution >= 4 is 13.3 Å². The molecule has 2 radical (unpaired) electrons. The highest BCUT2D eigenvalue weighted by atomic mass is 14.0. The van der Waals surface area contributed by atoms with Gasteiger partial charge in [0.15, 0.2) is 0 Å². The molecule has 0 aliphatic heterocycles. The fourth-order valence-electron chi connectivity index (χ4n) is 1.53. The molecular formula is C12H17B. The minimum Gasteiger partial charge on any atom is -0.0964 e.